The van der Waals surface area contributed by atoms with Crippen LogP contribution in [0.3, 0.4) is 0 Å². The summed E-state index contributed by atoms with van der Waals surface area (Å²) in [6.45, 7) is 1.68. The predicted molar refractivity (Wildman–Crippen MR) is 106 cm³/mol. The third-order valence-electron chi connectivity index (χ3n) is 4.45. The molecule has 0 saturated carbocycles. The van der Waals surface area contributed by atoms with Gasteiger partial charge in [-0.1, -0.05) is 41.9 Å². The van der Waals surface area contributed by atoms with Crippen molar-refractivity contribution in [2.75, 3.05) is 20.8 Å². The number of hydrogen-bond donors (Lipinski definition) is 0. The Balaban J connectivity index is 1.65. The number of carbonyl (C=O) groups is 2. The van der Waals surface area contributed by atoms with Gasteiger partial charge in [-0.15, -0.1) is 0 Å². The Bertz CT molecular complexity index is 1030. The fourth-order valence-electron chi connectivity index (χ4n) is 2.88. The monoisotopic (exact) mass is 401 g/mol. The second kappa shape index (κ2) is 8.35. The van der Waals surface area contributed by atoms with Crippen molar-refractivity contribution in [3.05, 3.63) is 64.4 Å². The highest BCUT2D eigenvalue weighted by atomic mass is 35.5. The first kappa shape index (κ1) is 19.8. The van der Waals surface area contributed by atoms with Gasteiger partial charge in [-0.05, 0) is 19.1 Å². The number of para-hydroxylation sites is 2. The first-order chi connectivity index (χ1) is 13.4. The van der Waals surface area contributed by atoms with Crippen LogP contribution >= 0.6 is 11.6 Å². The predicted octanol–water partition coefficient (Wildman–Crippen LogP) is 4.22. The molecule has 0 N–H and O–H groups in total. The van der Waals surface area contributed by atoms with E-state index in [0.717, 1.165) is 10.9 Å². The second-order valence-corrected chi connectivity index (χ2v) is 6.72. The molecule has 7 heteroatoms. The lowest BCUT2D eigenvalue weighted by Gasteiger charge is -2.18. The normalized spacial score (nSPS) is 10.7. The second-order valence-electron chi connectivity index (χ2n) is 6.31. The van der Waals surface area contributed by atoms with E-state index in [9.17, 15) is 9.59 Å². The van der Waals surface area contributed by atoms with Crippen molar-refractivity contribution in [1.29, 1.82) is 0 Å². The Kier molecular flexibility index (Phi) is 5.90. The summed E-state index contributed by atoms with van der Waals surface area (Å²) in [5, 5.41) is 1.14. The van der Waals surface area contributed by atoms with Crippen molar-refractivity contribution in [1.82, 2.24) is 4.90 Å². The van der Waals surface area contributed by atoms with E-state index in [2.05, 4.69) is 0 Å². The third kappa shape index (κ3) is 3.97. The number of ether oxygens (including phenoxy) is 2. The summed E-state index contributed by atoms with van der Waals surface area (Å²) in [6.07, 6.45) is 0. The van der Waals surface area contributed by atoms with Gasteiger partial charge in [0.1, 0.15) is 5.75 Å². The lowest BCUT2D eigenvalue weighted by atomic mass is 10.1. The number of furan rings is 1. The van der Waals surface area contributed by atoms with Crippen LogP contribution in [0.2, 0.25) is 5.02 Å². The van der Waals surface area contributed by atoms with Crippen molar-refractivity contribution >= 4 is 34.4 Å². The van der Waals surface area contributed by atoms with Crippen LogP contribution in [-0.4, -0.2) is 37.5 Å². The van der Waals surface area contributed by atoms with E-state index in [1.54, 1.807) is 33.2 Å². The maximum atomic E-state index is 12.4. The van der Waals surface area contributed by atoms with Crippen LogP contribution in [0.4, 0.5) is 0 Å². The number of esters is 1. The highest BCUT2D eigenvalue weighted by molar-refractivity contribution is 6.35. The van der Waals surface area contributed by atoms with Crippen molar-refractivity contribution in [2.24, 2.45) is 0 Å². The summed E-state index contributed by atoms with van der Waals surface area (Å²) < 4.78 is 16.0. The van der Waals surface area contributed by atoms with Gasteiger partial charge in [-0.25, -0.2) is 4.79 Å². The van der Waals surface area contributed by atoms with Gasteiger partial charge < -0.3 is 18.8 Å². The highest BCUT2D eigenvalue weighted by Crippen LogP contribution is 2.31. The number of benzene rings is 2. The molecule has 6 nitrogen and oxygen atoms in total. The van der Waals surface area contributed by atoms with Gasteiger partial charge in [0.15, 0.2) is 12.2 Å². The number of methoxy groups -OCH3 is 1. The lowest BCUT2D eigenvalue weighted by molar-refractivity contribution is -0.133. The minimum absolute atomic E-state index is 0.0447. The first-order valence-electron chi connectivity index (χ1n) is 8.63. The van der Waals surface area contributed by atoms with Gasteiger partial charge in [0.2, 0.25) is 5.76 Å². The van der Waals surface area contributed by atoms with E-state index >= 15 is 0 Å². The van der Waals surface area contributed by atoms with Crippen LogP contribution in [0.15, 0.2) is 46.9 Å². The van der Waals surface area contributed by atoms with Crippen molar-refractivity contribution in [2.45, 2.75) is 13.5 Å². The molecular weight excluding hydrogens is 382 g/mol. The minimum atomic E-state index is -0.705. The molecule has 1 amide bonds. The van der Waals surface area contributed by atoms with Gasteiger partial charge in [0, 0.05) is 30.1 Å². The van der Waals surface area contributed by atoms with Gasteiger partial charge >= 0.3 is 5.97 Å². The molecule has 0 bridgehead atoms. The average molecular weight is 402 g/mol. The molecule has 0 aliphatic rings. The summed E-state index contributed by atoms with van der Waals surface area (Å²) in [6, 6.07) is 12.7. The molecule has 146 valence electrons. The zero-order chi connectivity index (χ0) is 20.3. The largest absolute Gasteiger partial charge is 0.496 e. The molecular formula is C21H20ClNO5. The number of likely N-dealkylation sites (N-methyl/N-ethyl adjacent to an activating group) is 1. The quantitative estimate of drug-likeness (QED) is 0.578. The van der Waals surface area contributed by atoms with Crippen molar-refractivity contribution in [3.8, 4) is 5.75 Å². The zero-order valence-corrected chi connectivity index (χ0v) is 16.6. The summed E-state index contributed by atoms with van der Waals surface area (Å²) >= 11 is 6.10. The lowest BCUT2D eigenvalue weighted by Crippen LogP contribution is -2.31. The molecule has 3 aromatic rings. The molecule has 1 heterocycles. The number of rotatable bonds is 6. The average Bonchev–Trinajstić information content (AvgIpc) is 3.04. The van der Waals surface area contributed by atoms with E-state index in [-0.39, 0.29) is 11.7 Å². The van der Waals surface area contributed by atoms with E-state index in [4.69, 9.17) is 25.5 Å². The molecule has 0 saturated heterocycles. The van der Waals surface area contributed by atoms with Crippen molar-refractivity contribution in [3.63, 3.8) is 0 Å². The molecule has 0 fully saturated rings. The maximum absolute atomic E-state index is 12.4. The molecule has 1 aromatic heterocycles. The summed E-state index contributed by atoms with van der Waals surface area (Å²) in [5.41, 5.74) is 1.90. The number of halogens is 1. The standard InChI is InChI=1S/C21H20ClNO5/c1-13-15-8-6-9-16(22)20(15)28-19(13)21(25)27-12-18(24)23(2)11-14-7-4-5-10-17(14)26-3/h4-10H,11-12H2,1-3H3. The molecule has 3 rings (SSSR count). The summed E-state index contributed by atoms with van der Waals surface area (Å²) in [5.74, 6) is -0.313. The Hall–Kier alpha value is -2.99. The molecule has 0 aliphatic heterocycles. The van der Waals surface area contributed by atoms with Gasteiger partial charge in [-0.3, -0.25) is 4.79 Å². The zero-order valence-electron chi connectivity index (χ0n) is 15.8. The van der Waals surface area contributed by atoms with Crippen LogP contribution in [0, 0.1) is 6.92 Å². The highest BCUT2D eigenvalue weighted by Gasteiger charge is 2.22. The van der Waals surface area contributed by atoms with E-state index in [1.807, 2.05) is 30.3 Å². The SMILES string of the molecule is COc1ccccc1CN(C)C(=O)COC(=O)c1oc2c(Cl)cccc2c1C. The van der Waals surface area contributed by atoms with Crippen molar-refractivity contribution < 1.29 is 23.5 Å². The number of aryl methyl sites for hydroxylation is 1. The molecule has 28 heavy (non-hydrogen) atoms. The number of hydrogen-bond acceptors (Lipinski definition) is 5. The summed E-state index contributed by atoms with van der Waals surface area (Å²) in [4.78, 5) is 26.2. The Morgan fingerprint density at radius 2 is 1.89 bits per heavy atom. The fourth-order valence-corrected chi connectivity index (χ4v) is 3.10. The maximum Gasteiger partial charge on any atom is 0.375 e. The third-order valence-corrected chi connectivity index (χ3v) is 4.75. The van der Waals surface area contributed by atoms with E-state index in [0.29, 0.717) is 28.5 Å². The Morgan fingerprint density at radius 3 is 2.61 bits per heavy atom. The van der Waals surface area contributed by atoms with Gasteiger partial charge in [-0.2, -0.15) is 0 Å². The number of fused-ring (bicyclic) bond motifs is 1. The minimum Gasteiger partial charge on any atom is -0.496 e. The van der Waals surface area contributed by atoms with Crippen LogP contribution in [0.25, 0.3) is 11.0 Å². The molecule has 0 atom stereocenters. The molecule has 0 unspecified atom stereocenters. The number of nitrogens with zero attached hydrogens (tertiary/aromatic N) is 1. The van der Waals surface area contributed by atoms with E-state index < -0.39 is 12.6 Å². The van der Waals surface area contributed by atoms with Crippen LogP contribution in [-0.2, 0) is 16.1 Å². The molecule has 0 aliphatic carbocycles. The Labute approximate surface area is 167 Å². The first-order valence-corrected chi connectivity index (χ1v) is 9.00. The Morgan fingerprint density at radius 1 is 1.14 bits per heavy atom. The number of carbonyl (C=O) groups excluding carboxylic acids is 2. The van der Waals surface area contributed by atoms with Crippen LogP contribution < -0.4 is 4.74 Å². The fraction of sp³-hybridized carbons (Fsp3) is 0.238. The summed E-state index contributed by atoms with van der Waals surface area (Å²) in [7, 11) is 3.21. The smallest absolute Gasteiger partial charge is 0.375 e. The topological polar surface area (TPSA) is 69.0 Å². The van der Waals surface area contributed by atoms with Crippen LogP contribution in [0.1, 0.15) is 21.7 Å². The van der Waals surface area contributed by atoms with Gasteiger partial charge in [0.05, 0.1) is 12.1 Å². The van der Waals surface area contributed by atoms with E-state index in [1.165, 1.54) is 4.90 Å². The molecule has 0 radical (unpaired) electrons. The van der Waals surface area contributed by atoms with Gasteiger partial charge in [0.25, 0.3) is 5.91 Å². The van der Waals surface area contributed by atoms with Crippen LogP contribution in [0.5, 0.6) is 5.75 Å². The molecule has 0 spiro atoms. The molecule has 2 aromatic carbocycles. The number of amides is 1.